The number of fused-ring (bicyclic) bond motifs is 2. The Kier molecular flexibility index (Phi) is 5.42. The molecule has 2 aromatic rings. The summed E-state index contributed by atoms with van der Waals surface area (Å²) in [4.78, 5) is 21.4. The number of hydrogen-bond acceptors (Lipinski definition) is 6. The summed E-state index contributed by atoms with van der Waals surface area (Å²) in [6, 6.07) is 5.94. The SMILES string of the molecule is Cc1cc(Cl)cnc1C(=O)Cc1ccc(F)c([C@@]2(C)N=C(N)[C@@H]3CCC[C@H]2S3(=O)=O)c1. The lowest BCUT2D eigenvalue weighted by Gasteiger charge is -2.44. The summed E-state index contributed by atoms with van der Waals surface area (Å²) in [5.74, 6) is -0.788. The molecule has 2 aliphatic rings. The molecule has 4 rings (SSSR count). The second-order valence-electron chi connectivity index (χ2n) is 8.41. The lowest BCUT2D eigenvalue weighted by atomic mass is 9.83. The van der Waals surface area contributed by atoms with Crippen LogP contribution >= 0.6 is 11.6 Å². The van der Waals surface area contributed by atoms with Gasteiger partial charge in [-0.2, -0.15) is 0 Å². The zero-order chi connectivity index (χ0) is 22.6. The molecule has 1 fully saturated rings. The van der Waals surface area contributed by atoms with Gasteiger partial charge in [0.2, 0.25) is 0 Å². The average molecular weight is 464 g/mol. The monoisotopic (exact) mass is 463 g/mol. The lowest BCUT2D eigenvalue weighted by molar-refractivity contribution is 0.0987. The maximum absolute atomic E-state index is 15.0. The Bertz CT molecular complexity index is 1210. The predicted molar refractivity (Wildman–Crippen MR) is 118 cm³/mol. The number of aryl methyl sites for hydroxylation is 1. The van der Waals surface area contributed by atoms with Crippen molar-refractivity contribution < 1.29 is 17.6 Å². The third kappa shape index (κ3) is 3.65. The first-order chi connectivity index (χ1) is 14.5. The molecule has 0 radical (unpaired) electrons. The molecule has 2 bridgehead atoms. The summed E-state index contributed by atoms with van der Waals surface area (Å²) in [7, 11) is -3.59. The van der Waals surface area contributed by atoms with E-state index in [1.807, 2.05) is 0 Å². The number of nitrogens with two attached hydrogens (primary N) is 1. The van der Waals surface area contributed by atoms with Gasteiger partial charge in [0.05, 0.1) is 10.3 Å². The molecule has 9 heteroatoms. The summed E-state index contributed by atoms with van der Waals surface area (Å²) in [5, 5.41) is -1.22. The number of halogens is 2. The normalized spacial score (nSPS) is 26.9. The van der Waals surface area contributed by atoms with Crippen LogP contribution in [0.25, 0.3) is 0 Å². The van der Waals surface area contributed by atoms with E-state index < -0.39 is 31.7 Å². The number of nitrogens with zero attached hydrogens (tertiary/aromatic N) is 2. The Hall–Kier alpha value is -2.32. The first kappa shape index (κ1) is 21.9. The smallest absolute Gasteiger partial charge is 0.185 e. The van der Waals surface area contributed by atoms with Crippen LogP contribution in [0.1, 0.15) is 53.4 Å². The van der Waals surface area contributed by atoms with Gasteiger partial charge >= 0.3 is 0 Å². The van der Waals surface area contributed by atoms with Crippen LogP contribution in [-0.2, 0) is 21.8 Å². The maximum Gasteiger partial charge on any atom is 0.185 e. The van der Waals surface area contributed by atoms with Crippen molar-refractivity contribution >= 4 is 33.1 Å². The van der Waals surface area contributed by atoms with Crippen LogP contribution in [0.4, 0.5) is 4.39 Å². The molecule has 31 heavy (non-hydrogen) atoms. The highest BCUT2D eigenvalue weighted by Crippen LogP contribution is 2.45. The number of aromatic nitrogens is 1. The molecule has 1 aromatic heterocycles. The van der Waals surface area contributed by atoms with Crippen LogP contribution < -0.4 is 5.73 Å². The highest BCUT2D eigenvalue weighted by atomic mass is 35.5. The summed E-state index contributed by atoms with van der Waals surface area (Å²) in [6.07, 6.45) is 2.90. The van der Waals surface area contributed by atoms with Crippen LogP contribution in [0, 0.1) is 12.7 Å². The van der Waals surface area contributed by atoms with Crippen LogP contribution in [0.5, 0.6) is 0 Å². The van der Waals surface area contributed by atoms with Gasteiger partial charge in [0, 0.05) is 18.2 Å². The van der Waals surface area contributed by atoms with E-state index >= 15 is 0 Å². The van der Waals surface area contributed by atoms with E-state index in [2.05, 4.69) is 9.98 Å². The van der Waals surface area contributed by atoms with E-state index in [0.29, 0.717) is 41.1 Å². The van der Waals surface area contributed by atoms with E-state index in [1.165, 1.54) is 24.4 Å². The topological polar surface area (TPSA) is 102 Å². The van der Waals surface area contributed by atoms with Gasteiger partial charge in [-0.05, 0) is 56.0 Å². The van der Waals surface area contributed by atoms with Gasteiger partial charge in [-0.15, -0.1) is 0 Å². The molecule has 0 unspecified atom stereocenters. The van der Waals surface area contributed by atoms with Gasteiger partial charge in [0.15, 0.2) is 15.6 Å². The van der Waals surface area contributed by atoms with Gasteiger partial charge in [0.1, 0.15) is 28.1 Å². The molecular formula is C22H23ClFN3O3S. The Labute approximate surface area is 185 Å². The summed E-state index contributed by atoms with van der Waals surface area (Å²) >= 11 is 5.91. The molecule has 0 spiro atoms. The molecular weight excluding hydrogens is 441 g/mol. The minimum absolute atomic E-state index is 0.0158. The molecule has 1 saturated heterocycles. The number of carbonyl (C=O) groups excluding carboxylic acids is 1. The molecule has 2 aliphatic heterocycles. The molecule has 0 saturated carbocycles. The van der Waals surface area contributed by atoms with Gasteiger partial charge in [-0.25, -0.2) is 12.8 Å². The number of sulfone groups is 1. The van der Waals surface area contributed by atoms with Crippen molar-refractivity contribution in [2.75, 3.05) is 0 Å². The van der Waals surface area contributed by atoms with Crippen molar-refractivity contribution in [2.45, 2.75) is 55.6 Å². The standard InChI is InChI=1S/C22H23ClFN3O3S/c1-12-8-14(23)11-26-20(12)17(28)10-13-6-7-16(24)15(9-13)22(2)19-5-3-4-18(21(25)27-22)31(19,29)30/h6-9,11,18-19H,3-5,10H2,1-2H3,(H2,25,27)/t18-,19+,22+/m0/s1. The van der Waals surface area contributed by atoms with Gasteiger partial charge < -0.3 is 5.73 Å². The number of pyridine rings is 1. The van der Waals surface area contributed by atoms with Crippen molar-refractivity contribution in [2.24, 2.45) is 10.7 Å². The fraction of sp³-hybridized carbons (Fsp3) is 0.409. The minimum atomic E-state index is -3.59. The van der Waals surface area contributed by atoms with Crippen LogP contribution in [0.15, 0.2) is 35.5 Å². The minimum Gasteiger partial charge on any atom is -0.386 e. The quantitative estimate of drug-likeness (QED) is 0.698. The van der Waals surface area contributed by atoms with Gasteiger partial charge in [-0.3, -0.25) is 14.8 Å². The summed E-state index contributed by atoms with van der Waals surface area (Å²) in [6.45, 7) is 3.35. The largest absolute Gasteiger partial charge is 0.386 e. The number of benzene rings is 1. The van der Waals surface area contributed by atoms with Crippen molar-refractivity contribution in [1.82, 2.24) is 4.98 Å². The number of carbonyl (C=O) groups is 1. The van der Waals surface area contributed by atoms with Crippen molar-refractivity contribution in [3.63, 3.8) is 0 Å². The highest BCUT2D eigenvalue weighted by molar-refractivity contribution is 7.93. The first-order valence-electron chi connectivity index (χ1n) is 10.1. The maximum atomic E-state index is 15.0. The fourth-order valence-corrected chi connectivity index (χ4v) is 7.56. The first-order valence-corrected chi connectivity index (χ1v) is 12.0. The average Bonchev–Trinajstić information content (AvgIpc) is 2.67. The van der Waals surface area contributed by atoms with Crippen molar-refractivity contribution in [3.8, 4) is 0 Å². The third-order valence-corrected chi connectivity index (χ3v) is 9.26. The molecule has 6 nitrogen and oxygen atoms in total. The van der Waals surface area contributed by atoms with E-state index in [1.54, 1.807) is 19.9 Å². The second kappa shape index (κ2) is 7.67. The number of Topliss-reactive ketones (excluding diaryl/α,β-unsaturated/α-hetero) is 1. The molecule has 2 N–H and O–H groups in total. The van der Waals surface area contributed by atoms with Gasteiger partial charge in [-0.1, -0.05) is 24.1 Å². The Balaban J connectivity index is 1.74. The molecule has 3 heterocycles. The molecule has 0 amide bonds. The predicted octanol–water partition coefficient (Wildman–Crippen LogP) is 3.53. The number of aliphatic imine (C=N–C) groups is 1. The second-order valence-corrected chi connectivity index (χ2v) is 11.2. The molecule has 0 aliphatic carbocycles. The number of amidine groups is 1. The van der Waals surface area contributed by atoms with Crippen LogP contribution in [0.2, 0.25) is 5.02 Å². The van der Waals surface area contributed by atoms with E-state index in [-0.39, 0.29) is 23.6 Å². The Morgan fingerprint density at radius 3 is 2.77 bits per heavy atom. The fourth-order valence-electron chi connectivity index (χ4n) is 4.75. The van der Waals surface area contributed by atoms with E-state index in [0.717, 1.165) is 0 Å². The number of ketones is 1. The highest BCUT2D eigenvalue weighted by Gasteiger charge is 2.54. The van der Waals surface area contributed by atoms with E-state index in [4.69, 9.17) is 17.3 Å². The zero-order valence-electron chi connectivity index (χ0n) is 17.2. The lowest BCUT2D eigenvalue weighted by Crippen LogP contribution is -2.57. The number of hydrogen-bond donors (Lipinski definition) is 1. The number of rotatable bonds is 4. The Morgan fingerprint density at radius 2 is 2.06 bits per heavy atom. The van der Waals surface area contributed by atoms with Crippen molar-refractivity contribution in [1.29, 1.82) is 0 Å². The third-order valence-electron chi connectivity index (χ3n) is 6.29. The molecule has 3 atom stereocenters. The molecule has 164 valence electrons. The summed E-state index contributed by atoms with van der Waals surface area (Å²) < 4.78 is 41.1. The van der Waals surface area contributed by atoms with Crippen molar-refractivity contribution in [3.05, 3.63) is 63.7 Å². The molecule has 1 aromatic carbocycles. The zero-order valence-corrected chi connectivity index (χ0v) is 18.8. The van der Waals surface area contributed by atoms with Gasteiger partial charge in [0.25, 0.3) is 0 Å². The summed E-state index contributed by atoms with van der Waals surface area (Å²) in [5.41, 5.74) is 6.29. The Morgan fingerprint density at radius 1 is 1.32 bits per heavy atom. The van der Waals surface area contributed by atoms with Crippen LogP contribution in [0.3, 0.4) is 0 Å². The van der Waals surface area contributed by atoms with E-state index in [9.17, 15) is 17.6 Å². The van der Waals surface area contributed by atoms with Crippen LogP contribution in [-0.4, -0.2) is 35.5 Å².